The van der Waals surface area contributed by atoms with Gasteiger partial charge >= 0.3 is 0 Å². The molecule has 0 aliphatic rings. The van der Waals surface area contributed by atoms with Crippen LogP contribution in [0.3, 0.4) is 0 Å². The van der Waals surface area contributed by atoms with Gasteiger partial charge in [0, 0.05) is 11.1 Å². The summed E-state index contributed by atoms with van der Waals surface area (Å²) in [5.41, 5.74) is 3.34. The summed E-state index contributed by atoms with van der Waals surface area (Å²) in [7, 11) is 0. The molecule has 1 heterocycles. The molecule has 0 saturated carbocycles. The maximum Gasteiger partial charge on any atom is 0.0831 e. The first-order chi connectivity index (χ1) is 10.2. The average molecular weight is 277 g/mol. The van der Waals surface area contributed by atoms with Crippen molar-refractivity contribution in [3.05, 3.63) is 71.9 Å². The van der Waals surface area contributed by atoms with Crippen LogP contribution in [-0.4, -0.2) is 15.7 Å². The molecule has 0 unspecified atom stereocenters. The van der Waals surface area contributed by atoms with Gasteiger partial charge in [-0.3, -0.25) is 0 Å². The minimum absolute atomic E-state index is 0.0850. The number of aryl methyl sites for hydroxylation is 1. The molecule has 0 saturated heterocycles. The Morgan fingerprint density at radius 3 is 2.33 bits per heavy atom. The topological polar surface area (TPSA) is 58.0 Å². The predicted octanol–water partition coefficient (Wildman–Crippen LogP) is 2.21. The van der Waals surface area contributed by atoms with Crippen LogP contribution in [0.5, 0.6) is 0 Å². The number of benzene rings is 2. The van der Waals surface area contributed by atoms with Crippen molar-refractivity contribution in [1.82, 2.24) is 9.78 Å². The van der Waals surface area contributed by atoms with Crippen molar-refractivity contribution in [3.63, 3.8) is 0 Å². The molecule has 104 valence electrons. The van der Waals surface area contributed by atoms with E-state index in [0.29, 0.717) is 5.69 Å². The van der Waals surface area contributed by atoms with E-state index in [1.54, 1.807) is 4.68 Å². The average Bonchev–Trinajstić information content (AvgIpc) is 2.94. The van der Waals surface area contributed by atoms with Gasteiger partial charge in [0.05, 0.1) is 23.5 Å². The van der Waals surface area contributed by atoms with Gasteiger partial charge in [-0.15, -0.1) is 0 Å². The van der Waals surface area contributed by atoms with Gasteiger partial charge in [-0.05, 0) is 19.1 Å². The Morgan fingerprint density at radius 1 is 1.05 bits per heavy atom. The zero-order valence-corrected chi connectivity index (χ0v) is 11.5. The van der Waals surface area contributed by atoms with Crippen molar-refractivity contribution in [2.24, 2.45) is 0 Å². The van der Waals surface area contributed by atoms with Crippen LogP contribution in [0.1, 0.15) is 15.9 Å². The molecule has 21 heavy (non-hydrogen) atoms. The van der Waals surface area contributed by atoms with E-state index in [1.807, 2.05) is 61.5 Å². The van der Waals surface area contributed by atoms with Crippen LogP contribution >= 0.6 is 0 Å². The molecule has 0 N–H and O–H groups in total. The van der Waals surface area contributed by atoms with Crippen LogP contribution in [0.25, 0.3) is 16.9 Å². The van der Waals surface area contributed by atoms with Gasteiger partial charge in [-0.1, -0.05) is 48.0 Å². The second-order valence-electron chi connectivity index (χ2n) is 4.81. The molecular formula is C17H13N2O2-. The van der Waals surface area contributed by atoms with Gasteiger partial charge in [0.25, 0.3) is 0 Å². The minimum atomic E-state index is -1.23. The Morgan fingerprint density at radius 2 is 1.71 bits per heavy atom. The lowest BCUT2D eigenvalue weighted by Gasteiger charge is -2.11. The molecule has 4 nitrogen and oxygen atoms in total. The summed E-state index contributed by atoms with van der Waals surface area (Å²) in [6.45, 7) is 2.00. The highest BCUT2D eigenvalue weighted by Gasteiger charge is 2.14. The number of carbonyl (C=O) groups excluding carboxylic acids is 1. The van der Waals surface area contributed by atoms with Crippen molar-refractivity contribution < 1.29 is 9.90 Å². The number of aromatic carboxylic acids is 1. The maximum absolute atomic E-state index is 11.3. The fraction of sp³-hybridized carbons (Fsp3) is 0.0588. The van der Waals surface area contributed by atoms with Crippen LogP contribution < -0.4 is 5.11 Å². The molecule has 3 rings (SSSR count). The fourth-order valence-corrected chi connectivity index (χ4v) is 2.25. The van der Waals surface area contributed by atoms with Crippen molar-refractivity contribution in [3.8, 4) is 16.9 Å². The molecule has 4 heteroatoms. The van der Waals surface area contributed by atoms with Gasteiger partial charge < -0.3 is 9.90 Å². The van der Waals surface area contributed by atoms with Gasteiger partial charge in [0.1, 0.15) is 0 Å². The predicted molar refractivity (Wildman–Crippen MR) is 78.1 cm³/mol. The number of carboxylic acids is 1. The largest absolute Gasteiger partial charge is 0.545 e. The van der Waals surface area contributed by atoms with Crippen molar-refractivity contribution in [2.45, 2.75) is 6.92 Å². The van der Waals surface area contributed by atoms with Crippen LogP contribution in [0.2, 0.25) is 0 Å². The number of hydrogen-bond acceptors (Lipinski definition) is 3. The molecule has 0 atom stereocenters. The molecule has 0 amide bonds. The molecular weight excluding hydrogens is 264 g/mol. The molecule has 0 bridgehead atoms. The molecule has 0 aliphatic heterocycles. The Hall–Kier alpha value is -2.88. The number of rotatable bonds is 3. The smallest absolute Gasteiger partial charge is 0.0831 e. The zero-order chi connectivity index (χ0) is 14.8. The number of hydrogen-bond donors (Lipinski definition) is 0. The highest BCUT2D eigenvalue weighted by Crippen LogP contribution is 2.26. The van der Waals surface area contributed by atoms with E-state index in [0.717, 1.165) is 16.8 Å². The number of aromatic nitrogens is 2. The first kappa shape index (κ1) is 13.1. The van der Waals surface area contributed by atoms with Crippen LogP contribution in [-0.2, 0) is 0 Å². The normalized spacial score (nSPS) is 10.5. The van der Waals surface area contributed by atoms with Crippen LogP contribution in [0.4, 0.5) is 0 Å². The highest BCUT2D eigenvalue weighted by atomic mass is 16.4. The van der Waals surface area contributed by atoms with Crippen molar-refractivity contribution >= 4 is 5.97 Å². The SMILES string of the molecule is Cc1ccc(-n2ncc(C(=O)[O-])c2-c2ccccc2)cc1. The third-order valence-electron chi connectivity index (χ3n) is 3.31. The van der Waals surface area contributed by atoms with Gasteiger partial charge in [-0.25, -0.2) is 4.68 Å². The van der Waals surface area contributed by atoms with E-state index < -0.39 is 5.97 Å². The summed E-state index contributed by atoms with van der Waals surface area (Å²) in [4.78, 5) is 11.3. The van der Waals surface area contributed by atoms with E-state index in [9.17, 15) is 9.90 Å². The zero-order valence-electron chi connectivity index (χ0n) is 11.5. The Balaban J connectivity index is 2.22. The second-order valence-corrected chi connectivity index (χ2v) is 4.81. The third-order valence-corrected chi connectivity index (χ3v) is 3.31. The first-order valence-electron chi connectivity index (χ1n) is 6.58. The number of carboxylic acid groups (broad SMARTS) is 1. The summed E-state index contributed by atoms with van der Waals surface area (Å²) in [6, 6.07) is 17.1. The standard InChI is InChI=1S/C17H14N2O2/c1-12-7-9-14(10-8-12)19-16(13-5-3-2-4-6-13)15(11-18-19)17(20)21/h2-11H,1H3,(H,20,21)/p-1. The van der Waals surface area contributed by atoms with E-state index in [4.69, 9.17) is 0 Å². The summed E-state index contributed by atoms with van der Waals surface area (Å²) >= 11 is 0. The van der Waals surface area contributed by atoms with E-state index in [1.165, 1.54) is 6.20 Å². The van der Waals surface area contributed by atoms with E-state index in [2.05, 4.69) is 5.10 Å². The van der Waals surface area contributed by atoms with Crippen molar-refractivity contribution in [2.75, 3.05) is 0 Å². The Kier molecular flexibility index (Phi) is 3.28. The fourth-order valence-electron chi connectivity index (χ4n) is 2.25. The van der Waals surface area contributed by atoms with Crippen LogP contribution in [0, 0.1) is 6.92 Å². The lowest BCUT2D eigenvalue weighted by molar-refractivity contribution is -0.254. The van der Waals surface area contributed by atoms with E-state index >= 15 is 0 Å². The third kappa shape index (κ3) is 2.43. The van der Waals surface area contributed by atoms with Gasteiger partial charge in [-0.2, -0.15) is 5.10 Å². The first-order valence-corrected chi connectivity index (χ1v) is 6.58. The Labute approximate surface area is 122 Å². The lowest BCUT2D eigenvalue weighted by Crippen LogP contribution is -2.22. The van der Waals surface area contributed by atoms with Crippen molar-refractivity contribution in [1.29, 1.82) is 0 Å². The summed E-state index contributed by atoms with van der Waals surface area (Å²) in [5, 5.41) is 15.5. The molecule has 2 aromatic carbocycles. The molecule has 0 aliphatic carbocycles. The lowest BCUT2D eigenvalue weighted by atomic mass is 10.1. The van der Waals surface area contributed by atoms with E-state index in [-0.39, 0.29) is 5.56 Å². The highest BCUT2D eigenvalue weighted by molar-refractivity contribution is 5.93. The van der Waals surface area contributed by atoms with Gasteiger partial charge in [0.2, 0.25) is 0 Å². The summed E-state index contributed by atoms with van der Waals surface area (Å²) < 4.78 is 1.62. The second kappa shape index (κ2) is 5.25. The minimum Gasteiger partial charge on any atom is -0.545 e. The molecule has 0 radical (unpaired) electrons. The summed E-state index contributed by atoms with van der Waals surface area (Å²) in [6.07, 6.45) is 1.33. The quantitative estimate of drug-likeness (QED) is 0.737. The van der Waals surface area contributed by atoms with Crippen LogP contribution in [0.15, 0.2) is 60.8 Å². The molecule has 3 aromatic rings. The number of carbonyl (C=O) groups is 1. The van der Waals surface area contributed by atoms with Gasteiger partial charge in [0.15, 0.2) is 0 Å². The molecule has 0 spiro atoms. The maximum atomic E-state index is 11.3. The number of nitrogens with zero attached hydrogens (tertiary/aromatic N) is 2. The summed E-state index contributed by atoms with van der Waals surface area (Å²) in [5.74, 6) is -1.23. The Bertz CT molecular complexity index is 774. The molecule has 0 fully saturated rings. The molecule has 1 aromatic heterocycles. The monoisotopic (exact) mass is 277 g/mol.